The van der Waals surface area contributed by atoms with Gasteiger partial charge in [0.15, 0.2) is 0 Å². The van der Waals surface area contributed by atoms with Crippen molar-refractivity contribution in [3.63, 3.8) is 0 Å². The molecule has 34 heavy (non-hydrogen) atoms. The van der Waals surface area contributed by atoms with Gasteiger partial charge < -0.3 is 25.0 Å². The third-order valence-corrected chi connectivity index (χ3v) is 6.17. The normalized spacial score (nSPS) is 17.0. The molecular formula is C23H27ClFN5O4. The summed E-state index contributed by atoms with van der Waals surface area (Å²) in [6.45, 7) is 3.41. The molecule has 0 spiro atoms. The van der Waals surface area contributed by atoms with Gasteiger partial charge >= 0.3 is 12.0 Å². The lowest BCUT2D eigenvalue weighted by atomic mass is 10.1. The van der Waals surface area contributed by atoms with Crippen molar-refractivity contribution >= 4 is 29.5 Å². The Balaban J connectivity index is 1.44. The zero-order valence-electron chi connectivity index (χ0n) is 18.9. The van der Waals surface area contributed by atoms with Gasteiger partial charge in [-0.25, -0.2) is 19.2 Å². The van der Waals surface area contributed by atoms with E-state index in [0.29, 0.717) is 44.2 Å². The number of urea groups is 1. The lowest BCUT2D eigenvalue weighted by molar-refractivity contribution is -0.141. The summed E-state index contributed by atoms with van der Waals surface area (Å²) in [5.74, 6) is -0.511. The Morgan fingerprint density at radius 2 is 2.15 bits per heavy atom. The minimum absolute atomic E-state index is 0.0762. The number of esters is 1. The second-order valence-corrected chi connectivity index (χ2v) is 8.75. The van der Waals surface area contributed by atoms with Gasteiger partial charge in [0.2, 0.25) is 5.95 Å². The summed E-state index contributed by atoms with van der Waals surface area (Å²) >= 11 is 5.91. The highest BCUT2D eigenvalue weighted by Gasteiger charge is 2.26. The molecule has 4 rings (SSSR count). The van der Waals surface area contributed by atoms with Crippen LogP contribution in [0.15, 0.2) is 24.4 Å². The van der Waals surface area contributed by atoms with E-state index in [-0.39, 0.29) is 23.7 Å². The molecule has 0 bridgehead atoms. The van der Waals surface area contributed by atoms with Gasteiger partial charge in [0.05, 0.1) is 23.3 Å². The third kappa shape index (κ3) is 6.12. The quantitative estimate of drug-likeness (QED) is 0.597. The summed E-state index contributed by atoms with van der Waals surface area (Å²) < 4.78 is 24.1. The summed E-state index contributed by atoms with van der Waals surface area (Å²) in [7, 11) is 0. The molecule has 2 amide bonds. The smallest absolute Gasteiger partial charge is 0.318 e. The van der Waals surface area contributed by atoms with E-state index in [1.54, 1.807) is 4.90 Å². The average molecular weight is 492 g/mol. The monoisotopic (exact) mass is 491 g/mol. The van der Waals surface area contributed by atoms with Gasteiger partial charge in [0.1, 0.15) is 12.4 Å². The van der Waals surface area contributed by atoms with Crippen molar-refractivity contribution in [2.45, 2.75) is 44.8 Å². The number of carbonyl (C=O) groups excluding carboxylic acids is 2. The van der Waals surface area contributed by atoms with Crippen LogP contribution in [0.2, 0.25) is 5.02 Å². The van der Waals surface area contributed by atoms with E-state index in [4.69, 9.17) is 21.1 Å². The molecule has 1 aromatic heterocycles. The molecule has 1 saturated heterocycles. The van der Waals surface area contributed by atoms with Crippen LogP contribution in [0.5, 0.6) is 0 Å². The van der Waals surface area contributed by atoms with Crippen LogP contribution in [-0.4, -0.2) is 59.3 Å². The molecule has 0 saturated carbocycles. The number of benzene rings is 1. The maximum atomic E-state index is 13.6. The molecule has 2 aliphatic heterocycles. The summed E-state index contributed by atoms with van der Waals surface area (Å²) in [6.07, 6.45) is 4.22. The minimum Gasteiger partial charge on any atom is -0.463 e. The molecule has 2 aromatic rings. The first-order valence-electron chi connectivity index (χ1n) is 11.2. The van der Waals surface area contributed by atoms with Crippen LogP contribution in [-0.2, 0) is 27.2 Å². The van der Waals surface area contributed by atoms with Crippen molar-refractivity contribution in [2.24, 2.45) is 0 Å². The lowest BCUT2D eigenvalue weighted by Gasteiger charge is -2.30. The summed E-state index contributed by atoms with van der Waals surface area (Å²) in [5, 5.41) is 6.15. The van der Waals surface area contributed by atoms with Gasteiger partial charge in [0.25, 0.3) is 0 Å². The van der Waals surface area contributed by atoms with Crippen molar-refractivity contribution in [1.82, 2.24) is 20.2 Å². The predicted octanol–water partition coefficient (Wildman–Crippen LogP) is 3.23. The molecule has 0 unspecified atom stereocenters. The van der Waals surface area contributed by atoms with Crippen LogP contribution in [0.1, 0.15) is 42.6 Å². The number of carbonyl (C=O) groups is 2. The number of nitrogens with one attached hydrogen (secondary N) is 2. The molecule has 2 aliphatic rings. The Morgan fingerprint density at radius 3 is 2.88 bits per heavy atom. The molecule has 1 atom stereocenters. The molecule has 1 aromatic carbocycles. The van der Waals surface area contributed by atoms with E-state index >= 15 is 0 Å². The molecule has 0 aliphatic carbocycles. The fourth-order valence-electron chi connectivity index (χ4n) is 3.96. The Morgan fingerprint density at radius 1 is 1.35 bits per heavy atom. The molecule has 11 heteroatoms. The summed E-state index contributed by atoms with van der Waals surface area (Å²) in [4.78, 5) is 35.1. The number of halogens is 2. The molecule has 182 valence electrons. The lowest BCUT2D eigenvalue weighted by Crippen LogP contribution is -2.45. The average Bonchev–Trinajstić information content (AvgIpc) is 2.83. The molecule has 2 N–H and O–H groups in total. The van der Waals surface area contributed by atoms with Crippen molar-refractivity contribution in [3.8, 4) is 0 Å². The van der Waals surface area contributed by atoms with Crippen LogP contribution in [0.3, 0.4) is 0 Å². The third-order valence-electron chi connectivity index (χ3n) is 5.88. The van der Waals surface area contributed by atoms with E-state index in [0.717, 1.165) is 24.1 Å². The molecule has 0 radical (unpaired) electrons. The maximum Gasteiger partial charge on any atom is 0.318 e. The van der Waals surface area contributed by atoms with Crippen LogP contribution >= 0.6 is 11.6 Å². The zero-order valence-corrected chi connectivity index (χ0v) is 19.6. The molecule has 9 nitrogen and oxygen atoms in total. The molecular weight excluding hydrogens is 465 g/mol. The Bertz CT molecular complexity index is 1050. The number of aromatic nitrogens is 2. The summed E-state index contributed by atoms with van der Waals surface area (Å²) in [5.41, 5.74) is 2.32. The van der Waals surface area contributed by atoms with E-state index in [1.807, 2.05) is 6.20 Å². The summed E-state index contributed by atoms with van der Waals surface area (Å²) in [6, 6.07) is 3.36. The topological polar surface area (TPSA) is 106 Å². The van der Waals surface area contributed by atoms with Crippen LogP contribution in [0.4, 0.5) is 15.1 Å². The van der Waals surface area contributed by atoms with Crippen LogP contribution < -0.4 is 10.6 Å². The van der Waals surface area contributed by atoms with Gasteiger partial charge in [-0.3, -0.25) is 4.79 Å². The highest BCUT2D eigenvalue weighted by Crippen LogP contribution is 2.23. The van der Waals surface area contributed by atoms with Gasteiger partial charge in [-0.2, -0.15) is 0 Å². The minimum atomic E-state index is -0.688. The molecule has 3 heterocycles. The largest absolute Gasteiger partial charge is 0.463 e. The number of ether oxygens (including phenoxy) is 2. The highest BCUT2D eigenvalue weighted by atomic mass is 35.5. The SMILES string of the molecule is CC(=O)OC[C@@H](NC(=O)N1CCc2cnc(NC3CCOCC3)nc2C1)c1ccc(F)c(Cl)c1. The first kappa shape index (κ1) is 24.2. The fourth-order valence-corrected chi connectivity index (χ4v) is 4.15. The van der Waals surface area contributed by atoms with E-state index in [9.17, 15) is 14.0 Å². The van der Waals surface area contributed by atoms with E-state index in [2.05, 4.69) is 20.6 Å². The zero-order chi connectivity index (χ0) is 24.1. The number of anilines is 1. The first-order chi connectivity index (χ1) is 16.4. The number of rotatable bonds is 6. The highest BCUT2D eigenvalue weighted by molar-refractivity contribution is 6.30. The number of nitrogens with zero attached hydrogens (tertiary/aromatic N) is 3. The standard InChI is InChI=1S/C23H27ClFN5O4/c1-14(31)34-13-21(15-2-3-19(25)18(24)10-15)29-23(32)30-7-4-16-11-26-22(28-20(16)12-30)27-17-5-8-33-9-6-17/h2-3,10-11,17,21H,4-9,12-13H2,1H3,(H,29,32)(H,26,27,28)/t21-/m1/s1. The number of hydrogen-bond donors (Lipinski definition) is 2. The number of fused-ring (bicyclic) bond motifs is 1. The van der Waals surface area contributed by atoms with Crippen LogP contribution in [0, 0.1) is 5.82 Å². The van der Waals surface area contributed by atoms with Crippen molar-refractivity contribution in [3.05, 3.63) is 52.1 Å². The Kier molecular flexibility index (Phi) is 7.79. The van der Waals surface area contributed by atoms with Crippen molar-refractivity contribution < 1.29 is 23.5 Å². The first-order valence-corrected chi connectivity index (χ1v) is 11.6. The van der Waals surface area contributed by atoms with Gasteiger partial charge in [0, 0.05) is 38.9 Å². The van der Waals surface area contributed by atoms with Crippen LogP contribution in [0.25, 0.3) is 0 Å². The Hall–Kier alpha value is -2.98. The van der Waals surface area contributed by atoms with E-state index < -0.39 is 17.8 Å². The maximum absolute atomic E-state index is 13.6. The van der Waals surface area contributed by atoms with Gasteiger partial charge in [-0.05, 0) is 42.5 Å². The van der Waals surface area contributed by atoms with Crippen molar-refractivity contribution in [1.29, 1.82) is 0 Å². The van der Waals surface area contributed by atoms with E-state index in [1.165, 1.54) is 25.1 Å². The second kappa shape index (κ2) is 11.0. The Labute approximate surface area is 202 Å². The number of amides is 2. The fraction of sp³-hybridized carbons (Fsp3) is 0.478. The van der Waals surface area contributed by atoms with Gasteiger partial charge in [-0.15, -0.1) is 0 Å². The number of hydrogen-bond acceptors (Lipinski definition) is 7. The second-order valence-electron chi connectivity index (χ2n) is 8.35. The van der Waals surface area contributed by atoms with Crippen molar-refractivity contribution in [2.75, 3.05) is 31.7 Å². The predicted molar refractivity (Wildman–Crippen MR) is 123 cm³/mol. The van der Waals surface area contributed by atoms with Gasteiger partial charge in [-0.1, -0.05) is 17.7 Å². The molecule has 1 fully saturated rings.